The Labute approximate surface area is 155 Å². The standard InChI is InChI=1S/C16H20BrN3O4S/c1-5-20(13-8-6-11(17)10-18-13)15(21)12-7-9-14(24-12)25(22,23)19-16(2,3)4/h6-10,19H,5H2,1-4H3. The van der Waals surface area contributed by atoms with Gasteiger partial charge in [0.25, 0.3) is 15.9 Å². The number of sulfonamides is 1. The zero-order valence-corrected chi connectivity index (χ0v) is 16.8. The second-order valence-electron chi connectivity index (χ2n) is 6.36. The monoisotopic (exact) mass is 429 g/mol. The van der Waals surface area contributed by atoms with Crippen molar-refractivity contribution < 1.29 is 17.6 Å². The number of hydrogen-bond acceptors (Lipinski definition) is 5. The molecule has 0 aliphatic heterocycles. The number of carbonyl (C=O) groups excluding carboxylic acids is 1. The van der Waals surface area contributed by atoms with Gasteiger partial charge in [-0.25, -0.2) is 18.1 Å². The van der Waals surface area contributed by atoms with Crippen LogP contribution in [0.3, 0.4) is 0 Å². The maximum Gasteiger partial charge on any atom is 0.295 e. The summed E-state index contributed by atoms with van der Waals surface area (Å²) in [5.74, 6) is -0.0836. The molecule has 25 heavy (non-hydrogen) atoms. The summed E-state index contributed by atoms with van der Waals surface area (Å²) in [7, 11) is -3.84. The highest BCUT2D eigenvalue weighted by molar-refractivity contribution is 9.10. The van der Waals surface area contributed by atoms with Crippen LogP contribution in [0.2, 0.25) is 0 Å². The average Bonchev–Trinajstić information content (AvgIpc) is 2.98. The molecule has 0 atom stereocenters. The predicted octanol–water partition coefficient (Wildman–Crippen LogP) is 3.18. The molecule has 1 amide bonds. The summed E-state index contributed by atoms with van der Waals surface area (Å²) in [5.41, 5.74) is -0.660. The van der Waals surface area contributed by atoms with Gasteiger partial charge in [-0.05, 0) is 67.9 Å². The summed E-state index contributed by atoms with van der Waals surface area (Å²) in [6.45, 7) is 7.31. The Balaban J connectivity index is 2.28. The summed E-state index contributed by atoms with van der Waals surface area (Å²) in [4.78, 5) is 18.2. The maximum absolute atomic E-state index is 12.7. The van der Waals surface area contributed by atoms with Crippen molar-refractivity contribution in [3.63, 3.8) is 0 Å². The molecule has 0 aliphatic rings. The predicted molar refractivity (Wildman–Crippen MR) is 98.1 cm³/mol. The second kappa shape index (κ2) is 7.27. The van der Waals surface area contributed by atoms with Gasteiger partial charge in [-0.2, -0.15) is 0 Å². The molecule has 0 aromatic carbocycles. The SMILES string of the molecule is CCN(C(=O)c1ccc(S(=O)(=O)NC(C)(C)C)o1)c1ccc(Br)cn1. The first kappa shape index (κ1) is 19.6. The molecule has 2 aromatic rings. The van der Waals surface area contributed by atoms with Crippen molar-refractivity contribution in [2.45, 2.75) is 38.3 Å². The summed E-state index contributed by atoms with van der Waals surface area (Å²) in [6.07, 6.45) is 1.58. The Bertz CT molecular complexity index is 854. The molecule has 0 unspecified atom stereocenters. The van der Waals surface area contributed by atoms with Crippen molar-refractivity contribution in [2.75, 3.05) is 11.4 Å². The Morgan fingerprint density at radius 1 is 1.28 bits per heavy atom. The molecular weight excluding hydrogens is 410 g/mol. The third-order valence-corrected chi connectivity index (χ3v) is 5.15. The van der Waals surface area contributed by atoms with E-state index in [1.807, 2.05) is 0 Å². The van der Waals surface area contributed by atoms with Crippen molar-refractivity contribution in [1.29, 1.82) is 0 Å². The van der Waals surface area contributed by atoms with E-state index in [4.69, 9.17) is 4.42 Å². The number of hydrogen-bond donors (Lipinski definition) is 1. The number of amides is 1. The number of furan rings is 1. The fourth-order valence-electron chi connectivity index (χ4n) is 2.10. The molecular formula is C16H20BrN3O4S. The van der Waals surface area contributed by atoms with Crippen LogP contribution in [0.5, 0.6) is 0 Å². The number of nitrogens with zero attached hydrogens (tertiary/aromatic N) is 2. The molecule has 0 bridgehead atoms. The quantitative estimate of drug-likeness (QED) is 0.787. The van der Waals surface area contributed by atoms with Crippen LogP contribution in [-0.4, -0.2) is 31.4 Å². The van der Waals surface area contributed by atoms with Gasteiger partial charge < -0.3 is 4.42 Å². The van der Waals surface area contributed by atoms with Crippen LogP contribution in [0.4, 0.5) is 5.82 Å². The van der Waals surface area contributed by atoms with Crippen molar-refractivity contribution >= 4 is 37.7 Å². The molecule has 0 saturated carbocycles. The number of pyridine rings is 1. The van der Waals surface area contributed by atoms with Gasteiger partial charge in [0.1, 0.15) is 5.82 Å². The molecule has 2 heterocycles. The van der Waals surface area contributed by atoms with E-state index in [9.17, 15) is 13.2 Å². The summed E-state index contributed by atoms with van der Waals surface area (Å²) in [5, 5.41) is -0.300. The van der Waals surface area contributed by atoms with Crippen LogP contribution in [0.15, 0.2) is 44.4 Å². The average molecular weight is 430 g/mol. The minimum Gasteiger partial charge on any atom is -0.438 e. The fourth-order valence-corrected chi connectivity index (χ4v) is 3.69. The zero-order chi connectivity index (χ0) is 18.8. The van der Waals surface area contributed by atoms with Gasteiger partial charge in [0.15, 0.2) is 5.76 Å². The van der Waals surface area contributed by atoms with Crippen LogP contribution in [-0.2, 0) is 10.0 Å². The molecule has 2 aromatic heterocycles. The van der Waals surface area contributed by atoms with Crippen molar-refractivity contribution in [3.8, 4) is 0 Å². The first-order valence-corrected chi connectivity index (χ1v) is 9.88. The van der Waals surface area contributed by atoms with Crippen molar-refractivity contribution in [2.24, 2.45) is 0 Å². The van der Waals surface area contributed by atoms with E-state index < -0.39 is 21.5 Å². The lowest BCUT2D eigenvalue weighted by molar-refractivity contribution is 0.0955. The number of halogens is 1. The third-order valence-electron chi connectivity index (χ3n) is 3.05. The van der Waals surface area contributed by atoms with Gasteiger partial charge in [0.05, 0.1) is 0 Å². The normalized spacial score (nSPS) is 12.2. The van der Waals surface area contributed by atoms with Gasteiger partial charge in [-0.3, -0.25) is 9.69 Å². The van der Waals surface area contributed by atoms with E-state index in [1.54, 1.807) is 46.0 Å². The smallest absolute Gasteiger partial charge is 0.295 e. The van der Waals surface area contributed by atoms with Crippen LogP contribution in [0.25, 0.3) is 0 Å². The van der Waals surface area contributed by atoms with E-state index in [-0.39, 0.29) is 10.9 Å². The topological polar surface area (TPSA) is 92.5 Å². The third kappa shape index (κ3) is 4.90. The van der Waals surface area contributed by atoms with Crippen LogP contribution < -0.4 is 9.62 Å². The Morgan fingerprint density at radius 2 is 1.96 bits per heavy atom. The molecule has 0 aliphatic carbocycles. The minimum absolute atomic E-state index is 0.0687. The Kier molecular flexibility index (Phi) is 5.70. The molecule has 136 valence electrons. The lowest BCUT2D eigenvalue weighted by Crippen LogP contribution is -2.40. The molecule has 0 saturated heterocycles. The lowest BCUT2D eigenvalue weighted by atomic mass is 10.1. The zero-order valence-electron chi connectivity index (χ0n) is 14.4. The Morgan fingerprint density at radius 3 is 2.48 bits per heavy atom. The minimum atomic E-state index is -3.84. The fraction of sp³-hybridized carbons (Fsp3) is 0.375. The second-order valence-corrected chi connectivity index (χ2v) is 8.89. The van der Waals surface area contributed by atoms with E-state index in [2.05, 4.69) is 25.6 Å². The number of aromatic nitrogens is 1. The van der Waals surface area contributed by atoms with E-state index in [0.29, 0.717) is 12.4 Å². The molecule has 2 rings (SSSR count). The maximum atomic E-state index is 12.7. The van der Waals surface area contributed by atoms with Crippen LogP contribution >= 0.6 is 15.9 Å². The largest absolute Gasteiger partial charge is 0.438 e. The van der Waals surface area contributed by atoms with Gasteiger partial charge >= 0.3 is 0 Å². The van der Waals surface area contributed by atoms with E-state index in [0.717, 1.165) is 4.47 Å². The molecule has 0 fully saturated rings. The highest BCUT2D eigenvalue weighted by Crippen LogP contribution is 2.21. The highest BCUT2D eigenvalue weighted by atomic mass is 79.9. The molecule has 9 heteroatoms. The Hall–Kier alpha value is -1.71. The van der Waals surface area contributed by atoms with Gasteiger partial charge in [0, 0.05) is 22.8 Å². The summed E-state index contributed by atoms with van der Waals surface area (Å²) < 4.78 is 33.1. The van der Waals surface area contributed by atoms with Crippen molar-refractivity contribution in [1.82, 2.24) is 9.71 Å². The van der Waals surface area contributed by atoms with Crippen LogP contribution in [0.1, 0.15) is 38.2 Å². The first-order chi connectivity index (χ1) is 11.5. The molecule has 0 spiro atoms. The lowest BCUT2D eigenvalue weighted by Gasteiger charge is -2.19. The van der Waals surface area contributed by atoms with Crippen LogP contribution in [0, 0.1) is 0 Å². The number of anilines is 1. The summed E-state index contributed by atoms with van der Waals surface area (Å²) in [6, 6.07) is 6.07. The van der Waals surface area contributed by atoms with E-state index in [1.165, 1.54) is 17.0 Å². The molecule has 1 N–H and O–H groups in total. The summed E-state index contributed by atoms with van der Waals surface area (Å²) >= 11 is 3.29. The molecule has 7 nitrogen and oxygen atoms in total. The van der Waals surface area contributed by atoms with Gasteiger partial charge in [-0.15, -0.1) is 0 Å². The number of nitrogens with one attached hydrogen (secondary N) is 1. The van der Waals surface area contributed by atoms with Crippen molar-refractivity contribution in [3.05, 3.63) is 40.7 Å². The molecule has 0 radical (unpaired) electrons. The highest BCUT2D eigenvalue weighted by Gasteiger charge is 2.27. The van der Waals surface area contributed by atoms with E-state index >= 15 is 0 Å². The van der Waals surface area contributed by atoms with Gasteiger partial charge in [0.2, 0.25) is 5.09 Å². The van der Waals surface area contributed by atoms with Gasteiger partial charge in [-0.1, -0.05) is 0 Å². The number of carbonyl (C=O) groups is 1. The number of rotatable bonds is 5. The first-order valence-electron chi connectivity index (χ1n) is 7.61.